The normalized spacial score (nSPS) is 21.6. The third kappa shape index (κ3) is 4.55. The second-order valence-electron chi connectivity index (χ2n) is 6.26. The van der Waals surface area contributed by atoms with E-state index in [1.165, 1.54) is 5.56 Å². The first-order valence-electron chi connectivity index (χ1n) is 8.15. The molecule has 122 valence electrons. The molecule has 2 unspecified atom stereocenters. The molecule has 0 amide bonds. The van der Waals surface area contributed by atoms with Crippen LogP contribution < -0.4 is 5.32 Å². The molecule has 2 aromatic rings. The van der Waals surface area contributed by atoms with E-state index in [-0.39, 0.29) is 6.10 Å². The average molecular weight is 312 g/mol. The Bertz CT molecular complexity index is 618. The summed E-state index contributed by atoms with van der Waals surface area (Å²) in [6.07, 6.45) is 0.561. The molecule has 2 atom stereocenters. The fourth-order valence-corrected chi connectivity index (χ4v) is 3.23. The number of aliphatic hydroxyl groups excluding tert-OH is 1. The largest absolute Gasteiger partial charge is 0.508 e. The van der Waals surface area contributed by atoms with Crippen molar-refractivity contribution in [1.29, 1.82) is 0 Å². The Morgan fingerprint density at radius 1 is 1.04 bits per heavy atom. The van der Waals surface area contributed by atoms with Gasteiger partial charge in [-0.25, -0.2) is 0 Å². The number of hydrogen-bond donors (Lipinski definition) is 3. The van der Waals surface area contributed by atoms with Crippen LogP contribution in [-0.2, 0) is 13.1 Å². The number of aromatic hydroxyl groups is 1. The zero-order chi connectivity index (χ0) is 16.1. The van der Waals surface area contributed by atoms with E-state index >= 15 is 0 Å². The number of nitrogens with one attached hydrogen (secondary N) is 1. The van der Waals surface area contributed by atoms with Crippen LogP contribution in [0, 0.1) is 0 Å². The highest BCUT2D eigenvalue weighted by Crippen LogP contribution is 2.20. The second kappa shape index (κ2) is 7.59. The van der Waals surface area contributed by atoms with Crippen LogP contribution >= 0.6 is 0 Å². The van der Waals surface area contributed by atoms with Gasteiger partial charge in [0.25, 0.3) is 0 Å². The number of nitrogens with zero attached hydrogens (tertiary/aromatic N) is 1. The maximum absolute atomic E-state index is 10.00. The molecule has 0 spiro atoms. The third-order valence-corrected chi connectivity index (χ3v) is 4.35. The summed E-state index contributed by atoms with van der Waals surface area (Å²) in [6, 6.07) is 18.0. The van der Waals surface area contributed by atoms with Crippen LogP contribution in [0.15, 0.2) is 54.6 Å². The van der Waals surface area contributed by atoms with Crippen LogP contribution in [0.4, 0.5) is 0 Å². The predicted molar refractivity (Wildman–Crippen MR) is 91.1 cm³/mol. The van der Waals surface area contributed by atoms with Crippen LogP contribution in [0.25, 0.3) is 0 Å². The maximum atomic E-state index is 10.00. The second-order valence-corrected chi connectivity index (χ2v) is 6.26. The number of rotatable bonds is 6. The highest BCUT2D eigenvalue weighted by molar-refractivity contribution is 5.26. The molecule has 0 radical (unpaired) electrons. The van der Waals surface area contributed by atoms with E-state index in [0.717, 1.165) is 38.2 Å². The van der Waals surface area contributed by atoms with Crippen molar-refractivity contribution < 1.29 is 10.2 Å². The van der Waals surface area contributed by atoms with Gasteiger partial charge in [0.15, 0.2) is 0 Å². The molecular formula is C19H24N2O2. The standard InChI is InChI=1S/C19H24N2O2/c22-18-8-4-7-16(9-18)11-20-12-17-10-19(23)14-21(17)13-15-5-2-1-3-6-15/h1-9,17,19-20,22-23H,10-14H2. The summed E-state index contributed by atoms with van der Waals surface area (Å²) in [6.45, 7) is 3.16. The Morgan fingerprint density at radius 2 is 1.83 bits per heavy atom. The molecule has 1 aliphatic heterocycles. The van der Waals surface area contributed by atoms with E-state index < -0.39 is 0 Å². The van der Waals surface area contributed by atoms with Gasteiger partial charge in [-0.2, -0.15) is 0 Å². The fraction of sp³-hybridized carbons (Fsp3) is 0.368. The van der Waals surface area contributed by atoms with E-state index in [9.17, 15) is 10.2 Å². The van der Waals surface area contributed by atoms with Crippen LogP contribution in [0.5, 0.6) is 5.75 Å². The minimum Gasteiger partial charge on any atom is -0.508 e. The van der Waals surface area contributed by atoms with Gasteiger partial charge in [-0.3, -0.25) is 4.90 Å². The van der Waals surface area contributed by atoms with Crippen LogP contribution in [0.3, 0.4) is 0 Å². The van der Waals surface area contributed by atoms with Gasteiger partial charge in [0.1, 0.15) is 5.75 Å². The van der Waals surface area contributed by atoms with Crippen molar-refractivity contribution in [3.63, 3.8) is 0 Å². The zero-order valence-corrected chi connectivity index (χ0v) is 13.2. The Balaban J connectivity index is 1.53. The first-order chi connectivity index (χ1) is 11.2. The smallest absolute Gasteiger partial charge is 0.115 e. The molecule has 3 rings (SSSR count). The fourth-order valence-electron chi connectivity index (χ4n) is 3.23. The molecule has 2 aromatic carbocycles. The monoisotopic (exact) mass is 312 g/mol. The van der Waals surface area contributed by atoms with E-state index in [1.54, 1.807) is 12.1 Å². The Hall–Kier alpha value is -1.88. The number of phenolic OH excluding ortho intramolecular Hbond substituents is 1. The van der Waals surface area contributed by atoms with Gasteiger partial charge in [-0.15, -0.1) is 0 Å². The molecule has 0 aromatic heterocycles. The molecule has 1 aliphatic rings. The summed E-state index contributed by atoms with van der Waals surface area (Å²) in [5.74, 6) is 0.297. The van der Waals surface area contributed by atoms with E-state index in [1.807, 2.05) is 18.2 Å². The summed E-state index contributed by atoms with van der Waals surface area (Å²) >= 11 is 0. The van der Waals surface area contributed by atoms with Crippen molar-refractivity contribution in [3.8, 4) is 5.75 Å². The molecule has 1 heterocycles. The first-order valence-corrected chi connectivity index (χ1v) is 8.15. The van der Waals surface area contributed by atoms with Gasteiger partial charge in [-0.1, -0.05) is 42.5 Å². The topological polar surface area (TPSA) is 55.7 Å². The van der Waals surface area contributed by atoms with Gasteiger partial charge >= 0.3 is 0 Å². The van der Waals surface area contributed by atoms with Crippen molar-refractivity contribution in [3.05, 3.63) is 65.7 Å². The first kappa shape index (κ1) is 16.0. The number of phenols is 1. The molecule has 0 saturated carbocycles. The molecule has 1 fully saturated rings. The predicted octanol–water partition coefficient (Wildman–Crippen LogP) is 2.12. The summed E-state index contributed by atoms with van der Waals surface area (Å²) in [4.78, 5) is 2.34. The Kier molecular flexibility index (Phi) is 5.28. The molecule has 4 heteroatoms. The van der Waals surface area contributed by atoms with Crippen molar-refractivity contribution in [1.82, 2.24) is 10.2 Å². The summed E-state index contributed by atoms with van der Waals surface area (Å²) in [7, 11) is 0. The molecule has 3 N–H and O–H groups in total. The SMILES string of the molecule is Oc1cccc(CNCC2CC(O)CN2Cc2ccccc2)c1. The molecule has 1 saturated heterocycles. The van der Waals surface area contributed by atoms with Gasteiger partial charge < -0.3 is 15.5 Å². The van der Waals surface area contributed by atoms with Gasteiger partial charge in [0, 0.05) is 32.2 Å². The number of aliphatic hydroxyl groups is 1. The van der Waals surface area contributed by atoms with E-state index in [0.29, 0.717) is 11.8 Å². The number of hydrogen-bond acceptors (Lipinski definition) is 4. The van der Waals surface area contributed by atoms with Crippen molar-refractivity contribution in [2.75, 3.05) is 13.1 Å². The number of β-amino-alcohol motifs (C(OH)–C–C–N with tert-alkyl or cyclic N) is 1. The molecule has 0 bridgehead atoms. The van der Waals surface area contributed by atoms with Gasteiger partial charge in [0.05, 0.1) is 6.10 Å². The Labute approximate surface area is 137 Å². The summed E-state index contributed by atoms with van der Waals surface area (Å²) in [5.41, 5.74) is 2.35. The number of benzene rings is 2. The van der Waals surface area contributed by atoms with E-state index in [4.69, 9.17) is 0 Å². The summed E-state index contributed by atoms with van der Waals surface area (Å²) in [5, 5.41) is 22.9. The lowest BCUT2D eigenvalue weighted by atomic mass is 10.1. The van der Waals surface area contributed by atoms with Crippen LogP contribution in [-0.4, -0.2) is 40.3 Å². The van der Waals surface area contributed by atoms with Gasteiger partial charge in [0.2, 0.25) is 0 Å². The Morgan fingerprint density at radius 3 is 2.61 bits per heavy atom. The van der Waals surface area contributed by atoms with Crippen molar-refractivity contribution in [2.24, 2.45) is 0 Å². The zero-order valence-electron chi connectivity index (χ0n) is 13.2. The summed E-state index contributed by atoms with van der Waals surface area (Å²) < 4.78 is 0. The molecule has 0 aliphatic carbocycles. The van der Waals surface area contributed by atoms with E-state index in [2.05, 4.69) is 34.5 Å². The van der Waals surface area contributed by atoms with Crippen LogP contribution in [0.1, 0.15) is 17.5 Å². The minimum atomic E-state index is -0.244. The van der Waals surface area contributed by atoms with Crippen molar-refractivity contribution in [2.45, 2.75) is 31.7 Å². The van der Waals surface area contributed by atoms with Gasteiger partial charge in [-0.05, 0) is 29.7 Å². The average Bonchev–Trinajstić information content (AvgIpc) is 2.88. The molecular weight excluding hydrogens is 288 g/mol. The maximum Gasteiger partial charge on any atom is 0.115 e. The highest BCUT2D eigenvalue weighted by atomic mass is 16.3. The lowest BCUT2D eigenvalue weighted by Gasteiger charge is -2.24. The lowest BCUT2D eigenvalue weighted by molar-refractivity contribution is 0.172. The number of likely N-dealkylation sites (tertiary alicyclic amines) is 1. The molecule has 4 nitrogen and oxygen atoms in total. The minimum absolute atomic E-state index is 0.244. The van der Waals surface area contributed by atoms with Crippen LogP contribution in [0.2, 0.25) is 0 Å². The quantitative estimate of drug-likeness (QED) is 0.765. The van der Waals surface area contributed by atoms with Crippen molar-refractivity contribution >= 4 is 0 Å². The highest BCUT2D eigenvalue weighted by Gasteiger charge is 2.30. The molecule has 23 heavy (non-hydrogen) atoms. The lowest BCUT2D eigenvalue weighted by Crippen LogP contribution is -2.37. The third-order valence-electron chi connectivity index (χ3n) is 4.35.